The van der Waals surface area contributed by atoms with Crippen molar-refractivity contribution in [2.75, 3.05) is 6.54 Å². The first-order valence-electron chi connectivity index (χ1n) is 8.35. The Kier molecular flexibility index (Phi) is 5.43. The smallest absolute Gasteiger partial charge is 0.257 e. The maximum atomic E-state index is 12.9. The first kappa shape index (κ1) is 17.4. The Morgan fingerprint density at radius 1 is 1.00 bits per heavy atom. The summed E-state index contributed by atoms with van der Waals surface area (Å²) in [5.74, 6) is -0.617. The zero-order valence-electron chi connectivity index (χ0n) is 14.3. The van der Waals surface area contributed by atoms with Crippen LogP contribution in [0.2, 0.25) is 0 Å². The van der Waals surface area contributed by atoms with Crippen molar-refractivity contribution in [2.24, 2.45) is 5.73 Å². The summed E-state index contributed by atoms with van der Waals surface area (Å²) >= 11 is 0. The van der Waals surface area contributed by atoms with Crippen LogP contribution in [-0.4, -0.2) is 33.0 Å². The number of primary amides is 1. The van der Waals surface area contributed by atoms with E-state index >= 15 is 0 Å². The van der Waals surface area contributed by atoms with E-state index in [0.717, 1.165) is 11.3 Å². The molecule has 3 rings (SSSR count). The van der Waals surface area contributed by atoms with Crippen LogP contribution in [0.5, 0.6) is 0 Å². The number of carbonyl (C=O) groups is 2. The van der Waals surface area contributed by atoms with Crippen LogP contribution in [0.4, 0.5) is 0 Å². The Labute approximate surface area is 151 Å². The number of amides is 2. The topological polar surface area (TPSA) is 81.2 Å². The molecule has 132 valence electrons. The molecule has 1 heterocycles. The van der Waals surface area contributed by atoms with E-state index in [1.165, 1.54) is 6.20 Å². The van der Waals surface area contributed by atoms with Gasteiger partial charge in [0.15, 0.2) is 0 Å². The van der Waals surface area contributed by atoms with Crippen LogP contribution in [0.3, 0.4) is 0 Å². The Morgan fingerprint density at radius 2 is 1.65 bits per heavy atom. The van der Waals surface area contributed by atoms with Crippen molar-refractivity contribution in [3.63, 3.8) is 0 Å². The number of nitrogens with two attached hydrogens (primary N) is 1. The summed E-state index contributed by atoms with van der Waals surface area (Å²) < 4.78 is 1.65. The van der Waals surface area contributed by atoms with Crippen molar-refractivity contribution in [3.8, 4) is 5.69 Å². The number of para-hydroxylation sites is 1. The van der Waals surface area contributed by atoms with Gasteiger partial charge in [-0.2, -0.15) is 5.10 Å². The second-order valence-electron chi connectivity index (χ2n) is 5.94. The molecule has 2 amide bonds. The lowest BCUT2D eigenvalue weighted by Crippen LogP contribution is -2.33. The molecule has 0 aliphatic carbocycles. The lowest BCUT2D eigenvalue weighted by atomic mass is 10.2. The summed E-state index contributed by atoms with van der Waals surface area (Å²) in [5, 5.41) is 4.27. The molecule has 2 aromatic carbocycles. The van der Waals surface area contributed by atoms with Crippen molar-refractivity contribution in [3.05, 3.63) is 84.2 Å². The second kappa shape index (κ2) is 8.11. The summed E-state index contributed by atoms with van der Waals surface area (Å²) in [6.07, 6.45) is 3.35. The Bertz CT molecular complexity index is 875. The minimum atomic E-state index is -0.434. The van der Waals surface area contributed by atoms with Gasteiger partial charge in [0.2, 0.25) is 5.91 Å². The van der Waals surface area contributed by atoms with Crippen LogP contribution in [0.1, 0.15) is 22.3 Å². The van der Waals surface area contributed by atoms with Gasteiger partial charge in [-0.25, -0.2) is 4.68 Å². The van der Waals surface area contributed by atoms with Gasteiger partial charge in [0, 0.05) is 25.7 Å². The van der Waals surface area contributed by atoms with Crippen molar-refractivity contribution in [1.82, 2.24) is 14.7 Å². The van der Waals surface area contributed by atoms with Crippen molar-refractivity contribution >= 4 is 11.8 Å². The van der Waals surface area contributed by atoms with Crippen LogP contribution in [0.25, 0.3) is 5.69 Å². The molecule has 0 aliphatic rings. The summed E-state index contributed by atoms with van der Waals surface area (Å²) in [4.78, 5) is 25.7. The highest BCUT2D eigenvalue weighted by Gasteiger charge is 2.19. The number of benzene rings is 2. The number of hydrogen-bond donors (Lipinski definition) is 1. The molecule has 0 fully saturated rings. The lowest BCUT2D eigenvalue weighted by Gasteiger charge is -2.21. The normalized spacial score (nSPS) is 10.5. The maximum absolute atomic E-state index is 12.9. The zero-order chi connectivity index (χ0) is 18.4. The molecule has 0 aliphatic heterocycles. The summed E-state index contributed by atoms with van der Waals surface area (Å²) in [5.41, 5.74) is 7.59. The van der Waals surface area contributed by atoms with E-state index in [0.29, 0.717) is 12.1 Å². The van der Waals surface area contributed by atoms with Crippen LogP contribution < -0.4 is 5.73 Å². The molecule has 0 bridgehead atoms. The van der Waals surface area contributed by atoms with E-state index in [1.54, 1.807) is 15.8 Å². The molecule has 0 atom stereocenters. The minimum absolute atomic E-state index is 0.116. The number of nitrogens with zero attached hydrogens (tertiary/aromatic N) is 3. The molecular formula is C20H20N4O2. The Hall–Kier alpha value is -3.41. The van der Waals surface area contributed by atoms with Gasteiger partial charge in [0.05, 0.1) is 17.4 Å². The molecule has 3 aromatic rings. The number of carbonyl (C=O) groups excluding carboxylic acids is 2. The van der Waals surface area contributed by atoms with Gasteiger partial charge in [0.1, 0.15) is 0 Å². The van der Waals surface area contributed by atoms with Gasteiger partial charge in [-0.05, 0) is 17.7 Å². The molecule has 1 aromatic heterocycles. The van der Waals surface area contributed by atoms with Crippen LogP contribution in [0.15, 0.2) is 73.1 Å². The Balaban J connectivity index is 1.80. The minimum Gasteiger partial charge on any atom is -0.370 e. The molecule has 0 radical (unpaired) electrons. The van der Waals surface area contributed by atoms with Crippen molar-refractivity contribution < 1.29 is 9.59 Å². The van der Waals surface area contributed by atoms with Crippen molar-refractivity contribution in [1.29, 1.82) is 0 Å². The molecule has 0 saturated heterocycles. The third-order valence-electron chi connectivity index (χ3n) is 3.98. The largest absolute Gasteiger partial charge is 0.370 e. The van der Waals surface area contributed by atoms with Crippen LogP contribution in [0, 0.1) is 0 Å². The van der Waals surface area contributed by atoms with E-state index in [2.05, 4.69) is 5.10 Å². The highest BCUT2D eigenvalue weighted by atomic mass is 16.2. The highest BCUT2D eigenvalue weighted by Crippen LogP contribution is 2.13. The summed E-state index contributed by atoms with van der Waals surface area (Å²) in [6.45, 7) is 0.670. The van der Waals surface area contributed by atoms with Gasteiger partial charge >= 0.3 is 0 Å². The number of aromatic nitrogens is 2. The van der Waals surface area contributed by atoms with E-state index in [4.69, 9.17) is 5.73 Å². The molecule has 0 spiro atoms. The van der Waals surface area contributed by atoms with E-state index in [9.17, 15) is 9.59 Å². The lowest BCUT2D eigenvalue weighted by molar-refractivity contribution is -0.118. The third-order valence-corrected chi connectivity index (χ3v) is 3.98. The van der Waals surface area contributed by atoms with Gasteiger partial charge in [0.25, 0.3) is 5.91 Å². The fraction of sp³-hybridized carbons (Fsp3) is 0.150. The standard InChI is InChI=1S/C20H20N4O2/c21-19(25)11-12-23(14-16-7-3-1-4-8-16)20(26)17-13-22-24(15-17)18-9-5-2-6-10-18/h1-10,13,15H,11-12,14H2,(H2,21,25). The first-order valence-corrected chi connectivity index (χ1v) is 8.35. The highest BCUT2D eigenvalue weighted by molar-refractivity contribution is 5.94. The van der Waals surface area contributed by atoms with Gasteiger partial charge in [-0.15, -0.1) is 0 Å². The quantitative estimate of drug-likeness (QED) is 0.712. The summed E-state index contributed by atoms with van der Waals surface area (Å²) in [6, 6.07) is 19.2. The maximum Gasteiger partial charge on any atom is 0.257 e. The second-order valence-corrected chi connectivity index (χ2v) is 5.94. The van der Waals surface area contributed by atoms with Crippen LogP contribution in [-0.2, 0) is 11.3 Å². The van der Waals surface area contributed by atoms with E-state index < -0.39 is 5.91 Å². The molecule has 0 unspecified atom stereocenters. The zero-order valence-corrected chi connectivity index (χ0v) is 14.3. The molecule has 26 heavy (non-hydrogen) atoms. The predicted octanol–water partition coefficient (Wildman–Crippen LogP) is 2.39. The molecule has 6 nitrogen and oxygen atoms in total. The Morgan fingerprint density at radius 3 is 2.31 bits per heavy atom. The predicted molar refractivity (Wildman–Crippen MR) is 98.6 cm³/mol. The van der Waals surface area contributed by atoms with Gasteiger partial charge < -0.3 is 10.6 Å². The SMILES string of the molecule is NC(=O)CCN(Cc1ccccc1)C(=O)c1cnn(-c2ccccc2)c1. The molecule has 6 heteroatoms. The first-order chi connectivity index (χ1) is 12.6. The summed E-state index contributed by atoms with van der Waals surface area (Å²) in [7, 11) is 0. The third kappa shape index (κ3) is 4.36. The fourth-order valence-corrected chi connectivity index (χ4v) is 2.64. The molecule has 2 N–H and O–H groups in total. The van der Waals surface area contributed by atoms with Crippen molar-refractivity contribution in [2.45, 2.75) is 13.0 Å². The van der Waals surface area contributed by atoms with Crippen LogP contribution >= 0.6 is 0 Å². The average Bonchev–Trinajstić information content (AvgIpc) is 3.16. The number of hydrogen-bond acceptors (Lipinski definition) is 3. The monoisotopic (exact) mass is 348 g/mol. The number of rotatable bonds is 7. The van der Waals surface area contributed by atoms with Gasteiger partial charge in [-0.1, -0.05) is 48.5 Å². The molecule has 0 saturated carbocycles. The van der Waals surface area contributed by atoms with E-state index in [-0.39, 0.29) is 18.9 Å². The fourth-order valence-electron chi connectivity index (χ4n) is 2.64. The average molecular weight is 348 g/mol. The van der Waals surface area contributed by atoms with Gasteiger partial charge in [-0.3, -0.25) is 9.59 Å². The van der Waals surface area contributed by atoms with E-state index in [1.807, 2.05) is 60.7 Å². The molecular weight excluding hydrogens is 328 g/mol.